The summed E-state index contributed by atoms with van der Waals surface area (Å²) in [6, 6.07) is 10.9. The zero-order valence-electron chi connectivity index (χ0n) is 20.7. The summed E-state index contributed by atoms with van der Waals surface area (Å²) in [5, 5.41) is 13.3. The van der Waals surface area contributed by atoms with Crippen molar-refractivity contribution in [2.75, 3.05) is 22.9 Å². The smallest absolute Gasteiger partial charge is 0.366 e. The number of hydrogen-bond acceptors (Lipinski definition) is 4. The lowest BCUT2D eigenvalue weighted by molar-refractivity contribution is -0.137. The molecule has 36 heavy (non-hydrogen) atoms. The molecule has 2 aliphatic heterocycles. The first-order valence-electron chi connectivity index (χ1n) is 12.2. The molecule has 0 radical (unpaired) electrons. The number of unbranched alkanes of at least 4 members (excludes halogenated alkanes) is 1. The van der Waals surface area contributed by atoms with Gasteiger partial charge in [0, 0.05) is 43.5 Å². The van der Waals surface area contributed by atoms with E-state index in [4.69, 9.17) is 0 Å². The normalized spacial score (nSPS) is 21.3. The predicted molar refractivity (Wildman–Crippen MR) is 135 cm³/mol. The average molecular weight is 499 g/mol. The van der Waals surface area contributed by atoms with E-state index in [2.05, 4.69) is 25.2 Å². The van der Waals surface area contributed by atoms with E-state index >= 15 is 4.39 Å². The summed E-state index contributed by atoms with van der Waals surface area (Å²) in [6.45, 7) is 7.70. The predicted octanol–water partition coefficient (Wildman–Crippen LogP) is 6.64. The molecule has 1 saturated heterocycles. The molecule has 2 aliphatic rings. The van der Waals surface area contributed by atoms with E-state index in [1.807, 2.05) is 28.9 Å². The first-order chi connectivity index (χ1) is 17.1. The minimum absolute atomic E-state index is 0.192. The SMILES string of the molecule is CCCC=C1C(C#N)=CN(Cc2ccc(C(F)(F)F)cc2)c2cc(N3CC(C)NC(C)C3)c(F)cc21. The minimum Gasteiger partial charge on any atom is -0.366 e. The van der Waals surface area contributed by atoms with Crippen molar-refractivity contribution in [3.05, 3.63) is 76.8 Å². The number of anilines is 2. The summed E-state index contributed by atoms with van der Waals surface area (Å²) in [6.07, 6.45) is 0.879. The number of benzene rings is 2. The van der Waals surface area contributed by atoms with Crippen LogP contribution in [-0.4, -0.2) is 25.2 Å². The largest absolute Gasteiger partial charge is 0.416 e. The Morgan fingerprint density at radius 2 is 1.75 bits per heavy atom. The lowest BCUT2D eigenvalue weighted by Gasteiger charge is -2.39. The monoisotopic (exact) mass is 498 g/mol. The lowest BCUT2D eigenvalue weighted by atomic mass is 9.91. The van der Waals surface area contributed by atoms with E-state index in [1.165, 1.54) is 18.2 Å². The van der Waals surface area contributed by atoms with Gasteiger partial charge in [-0.3, -0.25) is 0 Å². The van der Waals surface area contributed by atoms with Crippen molar-refractivity contribution in [3.8, 4) is 6.07 Å². The number of nitrogens with zero attached hydrogens (tertiary/aromatic N) is 3. The van der Waals surface area contributed by atoms with E-state index in [9.17, 15) is 18.4 Å². The molecule has 0 amide bonds. The topological polar surface area (TPSA) is 42.3 Å². The molecule has 0 saturated carbocycles. The molecule has 0 aromatic heterocycles. The summed E-state index contributed by atoms with van der Waals surface area (Å²) in [7, 11) is 0. The molecule has 4 nitrogen and oxygen atoms in total. The molecular weight excluding hydrogens is 468 g/mol. The second-order valence-electron chi connectivity index (χ2n) is 9.58. The van der Waals surface area contributed by atoms with Gasteiger partial charge < -0.3 is 15.1 Å². The van der Waals surface area contributed by atoms with E-state index in [1.54, 1.807) is 6.20 Å². The maximum absolute atomic E-state index is 15.5. The molecule has 8 heteroatoms. The van der Waals surface area contributed by atoms with Crippen LogP contribution >= 0.6 is 0 Å². The van der Waals surface area contributed by atoms with Gasteiger partial charge in [0.25, 0.3) is 0 Å². The highest BCUT2D eigenvalue weighted by Gasteiger charge is 2.31. The van der Waals surface area contributed by atoms with Crippen molar-refractivity contribution < 1.29 is 17.6 Å². The van der Waals surface area contributed by atoms with Crippen LogP contribution in [0.4, 0.5) is 28.9 Å². The summed E-state index contributed by atoms with van der Waals surface area (Å²) in [5.41, 5.74) is 2.85. The molecule has 4 rings (SSSR count). The Bertz CT molecular complexity index is 1200. The maximum atomic E-state index is 15.5. The molecule has 2 unspecified atom stereocenters. The molecule has 0 bridgehead atoms. The fraction of sp³-hybridized carbons (Fsp3) is 0.393. The fourth-order valence-electron chi connectivity index (χ4n) is 4.93. The van der Waals surface area contributed by atoms with Crippen LogP contribution in [0.1, 0.15) is 50.3 Å². The quantitative estimate of drug-likeness (QED) is 0.469. The standard InChI is InChI=1S/C28H30F4N4/c1-4-5-6-23-21(13-33)17-36(16-20-7-9-22(10-8-20)28(30,31)32)26-12-27(25(29)11-24(23)26)35-14-18(2)34-19(3)15-35/h6-12,17-19,34H,4-5,14-16H2,1-3H3. The van der Waals surface area contributed by atoms with E-state index in [-0.39, 0.29) is 24.4 Å². The van der Waals surface area contributed by atoms with Crippen LogP contribution in [0.3, 0.4) is 0 Å². The average Bonchev–Trinajstić information content (AvgIpc) is 2.82. The Morgan fingerprint density at radius 1 is 1.08 bits per heavy atom. The van der Waals surface area contributed by atoms with E-state index in [0.717, 1.165) is 30.7 Å². The number of alkyl halides is 3. The van der Waals surface area contributed by atoms with Crippen molar-refractivity contribution >= 4 is 16.9 Å². The Morgan fingerprint density at radius 3 is 2.33 bits per heavy atom. The van der Waals surface area contributed by atoms with Crippen LogP contribution < -0.4 is 15.1 Å². The van der Waals surface area contributed by atoms with Gasteiger partial charge in [-0.25, -0.2) is 4.39 Å². The van der Waals surface area contributed by atoms with Crippen LogP contribution in [0.15, 0.2) is 54.2 Å². The van der Waals surface area contributed by atoms with Crippen LogP contribution in [-0.2, 0) is 12.7 Å². The highest BCUT2D eigenvalue weighted by Crippen LogP contribution is 2.42. The van der Waals surface area contributed by atoms with Crippen molar-refractivity contribution in [1.29, 1.82) is 5.26 Å². The van der Waals surface area contributed by atoms with Gasteiger partial charge in [0.2, 0.25) is 0 Å². The van der Waals surface area contributed by atoms with Crippen LogP contribution in [0, 0.1) is 17.1 Å². The van der Waals surface area contributed by atoms with Gasteiger partial charge in [0.1, 0.15) is 11.9 Å². The number of halogens is 4. The van der Waals surface area contributed by atoms with Crippen LogP contribution in [0.25, 0.3) is 5.57 Å². The van der Waals surface area contributed by atoms with Gasteiger partial charge in [0.15, 0.2) is 0 Å². The number of piperazine rings is 1. The Labute approximate surface area is 209 Å². The van der Waals surface area contributed by atoms with Crippen LogP contribution in [0.2, 0.25) is 0 Å². The molecule has 1 N–H and O–H groups in total. The van der Waals surface area contributed by atoms with E-state index < -0.39 is 11.7 Å². The highest BCUT2D eigenvalue weighted by atomic mass is 19.4. The van der Waals surface area contributed by atoms with Gasteiger partial charge in [0.05, 0.1) is 22.5 Å². The first-order valence-corrected chi connectivity index (χ1v) is 12.2. The van der Waals surface area contributed by atoms with Gasteiger partial charge in [-0.05, 0) is 55.7 Å². The van der Waals surface area contributed by atoms with Crippen molar-refractivity contribution in [3.63, 3.8) is 0 Å². The molecule has 2 aromatic rings. The second-order valence-corrected chi connectivity index (χ2v) is 9.58. The first kappa shape index (κ1) is 25.8. The highest BCUT2D eigenvalue weighted by molar-refractivity contribution is 5.93. The maximum Gasteiger partial charge on any atom is 0.416 e. The molecule has 2 aromatic carbocycles. The molecule has 190 valence electrons. The number of nitrogens with one attached hydrogen (secondary N) is 1. The Kier molecular flexibility index (Phi) is 7.41. The molecule has 2 heterocycles. The Hall–Kier alpha value is -3.31. The zero-order valence-corrected chi connectivity index (χ0v) is 20.7. The molecular formula is C28H30F4N4. The summed E-state index contributed by atoms with van der Waals surface area (Å²) < 4.78 is 54.6. The number of nitriles is 1. The molecule has 0 spiro atoms. The Balaban J connectivity index is 1.78. The second kappa shape index (κ2) is 10.4. The third-order valence-corrected chi connectivity index (χ3v) is 6.53. The van der Waals surface area contributed by atoms with Gasteiger partial charge in [-0.2, -0.15) is 18.4 Å². The number of allylic oxidation sites excluding steroid dienone is 3. The summed E-state index contributed by atoms with van der Waals surface area (Å²) in [5.74, 6) is -0.355. The minimum atomic E-state index is -4.41. The molecule has 0 aliphatic carbocycles. The van der Waals surface area contributed by atoms with Crippen molar-refractivity contribution in [2.24, 2.45) is 0 Å². The third-order valence-electron chi connectivity index (χ3n) is 6.53. The summed E-state index contributed by atoms with van der Waals surface area (Å²) in [4.78, 5) is 3.86. The van der Waals surface area contributed by atoms with Gasteiger partial charge in [-0.1, -0.05) is 31.6 Å². The number of hydrogen-bond donors (Lipinski definition) is 1. The van der Waals surface area contributed by atoms with Crippen LogP contribution in [0.5, 0.6) is 0 Å². The number of fused-ring (bicyclic) bond motifs is 1. The van der Waals surface area contributed by atoms with Crippen molar-refractivity contribution in [2.45, 2.75) is 58.4 Å². The lowest BCUT2D eigenvalue weighted by Crippen LogP contribution is -2.54. The zero-order chi connectivity index (χ0) is 26.0. The van der Waals surface area contributed by atoms with Gasteiger partial charge in [-0.15, -0.1) is 0 Å². The van der Waals surface area contributed by atoms with E-state index in [0.29, 0.717) is 41.1 Å². The third kappa shape index (κ3) is 5.41. The summed E-state index contributed by atoms with van der Waals surface area (Å²) >= 11 is 0. The molecule has 1 fully saturated rings. The van der Waals surface area contributed by atoms with Crippen molar-refractivity contribution in [1.82, 2.24) is 5.32 Å². The van der Waals surface area contributed by atoms with Gasteiger partial charge >= 0.3 is 6.18 Å². The fourth-order valence-corrected chi connectivity index (χ4v) is 4.93. The molecule has 2 atom stereocenters. The number of rotatable bonds is 5.